The van der Waals surface area contributed by atoms with Gasteiger partial charge in [0.1, 0.15) is 10.7 Å². The molecule has 1 unspecified atom stereocenters. The first-order valence-electron chi connectivity index (χ1n) is 7.23. The van der Waals surface area contributed by atoms with Crippen molar-refractivity contribution >= 4 is 28.2 Å². The van der Waals surface area contributed by atoms with E-state index in [1.165, 1.54) is 11.3 Å². The number of nitrogens with two attached hydrogens (primary N) is 1. The molecule has 0 spiro atoms. The van der Waals surface area contributed by atoms with Gasteiger partial charge in [-0.1, -0.05) is 18.3 Å². The summed E-state index contributed by atoms with van der Waals surface area (Å²) in [6.45, 7) is 6.23. The van der Waals surface area contributed by atoms with E-state index in [4.69, 9.17) is 10.8 Å². The maximum Gasteiger partial charge on any atom is 0.265 e. The fourth-order valence-electron chi connectivity index (χ4n) is 2.14. The monoisotopic (exact) mass is 313 g/mol. The first kappa shape index (κ1) is 16.0. The molecule has 1 saturated heterocycles. The zero-order valence-corrected chi connectivity index (χ0v) is 13.1. The van der Waals surface area contributed by atoms with Gasteiger partial charge in [0.25, 0.3) is 5.91 Å². The van der Waals surface area contributed by atoms with Gasteiger partial charge in [-0.3, -0.25) is 4.79 Å². The normalized spacial score (nSPS) is 16.8. The molecule has 1 aromatic heterocycles. The first-order valence-corrected chi connectivity index (χ1v) is 8.04. The Labute approximate surface area is 128 Å². The predicted octanol–water partition coefficient (Wildman–Crippen LogP) is -0.117. The van der Waals surface area contributed by atoms with Crippen LogP contribution in [0.25, 0.3) is 0 Å². The van der Waals surface area contributed by atoms with E-state index in [9.17, 15) is 4.79 Å². The molecule has 5 N–H and O–H groups in total. The minimum absolute atomic E-state index is 0.132. The lowest BCUT2D eigenvalue weighted by atomic mass is 10.1. The lowest BCUT2D eigenvalue weighted by molar-refractivity contribution is 0.0950. The number of amides is 1. The zero-order valence-electron chi connectivity index (χ0n) is 12.3. The number of anilines is 2. The standard InChI is InChI=1S/C13H23N5O2S/c1-9(2-7-19)8-16-12(20)10-11(14)17-13(21-10)18-5-3-15-4-6-18/h9,15,19H,2-8,14H2,1H3,(H,16,20). The summed E-state index contributed by atoms with van der Waals surface area (Å²) in [4.78, 5) is 19.1. The van der Waals surface area contributed by atoms with E-state index >= 15 is 0 Å². The fraction of sp³-hybridized carbons (Fsp3) is 0.692. The summed E-state index contributed by atoms with van der Waals surface area (Å²) in [7, 11) is 0. The Balaban J connectivity index is 1.96. The number of carbonyl (C=O) groups excluding carboxylic acids is 1. The smallest absolute Gasteiger partial charge is 0.265 e. The number of carbonyl (C=O) groups is 1. The topological polar surface area (TPSA) is 104 Å². The molecular weight excluding hydrogens is 290 g/mol. The van der Waals surface area contributed by atoms with Crippen LogP contribution in [0, 0.1) is 5.92 Å². The van der Waals surface area contributed by atoms with Gasteiger partial charge < -0.3 is 26.4 Å². The molecule has 1 aliphatic rings. The molecule has 0 aromatic carbocycles. The molecule has 8 heteroatoms. The van der Waals surface area contributed by atoms with Gasteiger partial charge in [-0.25, -0.2) is 4.98 Å². The molecule has 21 heavy (non-hydrogen) atoms. The average Bonchev–Trinajstić information content (AvgIpc) is 2.88. The van der Waals surface area contributed by atoms with Crippen LogP contribution < -0.4 is 21.3 Å². The molecule has 7 nitrogen and oxygen atoms in total. The van der Waals surface area contributed by atoms with Crippen molar-refractivity contribution in [2.45, 2.75) is 13.3 Å². The molecule has 1 aromatic rings. The van der Waals surface area contributed by atoms with Crippen molar-refractivity contribution in [2.24, 2.45) is 5.92 Å². The Morgan fingerprint density at radius 1 is 1.57 bits per heavy atom. The summed E-state index contributed by atoms with van der Waals surface area (Å²) in [6.07, 6.45) is 0.671. The molecule has 1 amide bonds. The van der Waals surface area contributed by atoms with Crippen LogP contribution in [0.3, 0.4) is 0 Å². The number of thiazole rings is 1. The molecule has 0 bridgehead atoms. The van der Waals surface area contributed by atoms with E-state index in [-0.39, 0.29) is 18.4 Å². The van der Waals surface area contributed by atoms with E-state index < -0.39 is 0 Å². The highest BCUT2D eigenvalue weighted by Crippen LogP contribution is 2.28. The number of piperazine rings is 1. The third-order valence-electron chi connectivity index (χ3n) is 3.47. The van der Waals surface area contributed by atoms with Crippen molar-refractivity contribution in [3.05, 3.63) is 4.88 Å². The second kappa shape index (κ2) is 7.58. The van der Waals surface area contributed by atoms with Gasteiger partial charge in [0.15, 0.2) is 5.13 Å². The Kier molecular flexibility index (Phi) is 5.77. The van der Waals surface area contributed by atoms with Gasteiger partial charge >= 0.3 is 0 Å². The number of nitrogens with zero attached hydrogens (tertiary/aromatic N) is 2. The highest BCUT2D eigenvalue weighted by atomic mass is 32.1. The van der Waals surface area contributed by atoms with Crippen molar-refractivity contribution in [1.82, 2.24) is 15.6 Å². The Morgan fingerprint density at radius 3 is 2.95 bits per heavy atom. The van der Waals surface area contributed by atoms with E-state index in [0.717, 1.165) is 31.3 Å². The van der Waals surface area contributed by atoms with Crippen molar-refractivity contribution in [2.75, 3.05) is 50.0 Å². The molecule has 1 atom stereocenters. The summed E-state index contributed by atoms with van der Waals surface area (Å²) in [5.74, 6) is 0.345. The minimum atomic E-state index is -0.184. The van der Waals surface area contributed by atoms with Gasteiger partial charge in [0.2, 0.25) is 0 Å². The number of aliphatic hydroxyl groups is 1. The van der Waals surface area contributed by atoms with Crippen molar-refractivity contribution in [3.8, 4) is 0 Å². The summed E-state index contributed by atoms with van der Waals surface area (Å²) in [6, 6.07) is 0. The van der Waals surface area contributed by atoms with Crippen LogP contribution in [0.1, 0.15) is 23.0 Å². The summed E-state index contributed by atoms with van der Waals surface area (Å²) >= 11 is 1.34. The fourth-order valence-corrected chi connectivity index (χ4v) is 3.10. The summed E-state index contributed by atoms with van der Waals surface area (Å²) in [5.41, 5.74) is 5.87. The number of nitrogen functional groups attached to an aromatic ring is 1. The van der Waals surface area contributed by atoms with Crippen LogP contribution in [0.2, 0.25) is 0 Å². The second-order valence-electron chi connectivity index (χ2n) is 5.28. The van der Waals surface area contributed by atoms with Gasteiger partial charge in [0.05, 0.1) is 0 Å². The van der Waals surface area contributed by atoms with E-state index in [1.54, 1.807) is 0 Å². The molecule has 2 rings (SSSR count). The van der Waals surface area contributed by atoms with Crippen LogP contribution in [0.15, 0.2) is 0 Å². The van der Waals surface area contributed by atoms with E-state index in [0.29, 0.717) is 23.7 Å². The van der Waals surface area contributed by atoms with Gasteiger partial charge in [0, 0.05) is 39.3 Å². The number of aliphatic hydroxyl groups excluding tert-OH is 1. The highest BCUT2D eigenvalue weighted by molar-refractivity contribution is 7.18. The van der Waals surface area contributed by atoms with Gasteiger partial charge in [-0.05, 0) is 12.3 Å². The SMILES string of the molecule is CC(CCO)CNC(=O)c1sc(N2CCNCC2)nc1N. The highest BCUT2D eigenvalue weighted by Gasteiger charge is 2.20. The lowest BCUT2D eigenvalue weighted by Gasteiger charge is -2.26. The lowest BCUT2D eigenvalue weighted by Crippen LogP contribution is -2.43. The van der Waals surface area contributed by atoms with Crippen LogP contribution in [0.5, 0.6) is 0 Å². The third kappa shape index (κ3) is 4.29. The maximum absolute atomic E-state index is 12.2. The third-order valence-corrected chi connectivity index (χ3v) is 4.60. The van der Waals surface area contributed by atoms with Gasteiger partial charge in [-0.2, -0.15) is 0 Å². The molecule has 1 fully saturated rings. The first-order chi connectivity index (χ1) is 10.1. The maximum atomic E-state index is 12.2. The second-order valence-corrected chi connectivity index (χ2v) is 6.25. The number of hydrogen-bond donors (Lipinski definition) is 4. The van der Waals surface area contributed by atoms with Crippen LogP contribution in [0.4, 0.5) is 10.9 Å². The Morgan fingerprint density at radius 2 is 2.29 bits per heavy atom. The summed E-state index contributed by atoms with van der Waals surface area (Å²) < 4.78 is 0. The van der Waals surface area contributed by atoms with Crippen LogP contribution in [-0.4, -0.2) is 55.3 Å². The Bertz CT molecular complexity index is 473. The number of nitrogens with one attached hydrogen (secondary N) is 2. The predicted molar refractivity (Wildman–Crippen MR) is 84.8 cm³/mol. The largest absolute Gasteiger partial charge is 0.396 e. The van der Waals surface area contributed by atoms with Gasteiger partial charge in [-0.15, -0.1) is 0 Å². The zero-order chi connectivity index (χ0) is 15.2. The van der Waals surface area contributed by atoms with Crippen molar-refractivity contribution in [1.29, 1.82) is 0 Å². The van der Waals surface area contributed by atoms with Crippen LogP contribution >= 0.6 is 11.3 Å². The number of rotatable bonds is 6. The van der Waals surface area contributed by atoms with Crippen LogP contribution in [-0.2, 0) is 0 Å². The van der Waals surface area contributed by atoms with Crippen molar-refractivity contribution < 1.29 is 9.90 Å². The van der Waals surface area contributed by atoms with Crippen molar-refractivity contribution in [3.63, 3.8) is 0 Å². The number of aromatic nitrogens is 1. The van der Waals surface area contributed by atoms with E-state index in [1.807, 2.05) is 6.92 Å². The minimum Gasteiger partial charge on any atom is -0.396 e. The summed E-state index contributed by atoms with van der Waals surface area (Å²) in [5, 5.41) is 15.8. The average molecular weight is 313 g/mol. The molecule has 0 aliphatic carbocycles. The molecule has 2 heterocycles. The quantitative estimate of drug-likeness (QED) is 0.584. The molecule has 1 aliphatic heterocycles. The molecule has 118 valence electrons. The molecule has 0 saturated carbocycles. The van der Waals surface area contributed by atoms with E-state index in [2.05, 4.69) is 20.5 Å². The molecule has 0 radical (unpaired) electrons. The molecular formula is C13H23N5O2S. The number of hydrogen-bond acceptors (Lipinski definition) is 7. The Hall–Kier alpha value is -1.38.